The fraction of sp³-hybridized carbons (Fsp3) is 0.100. The van der Waals surface area contributed by atoms with E-state index in [4.69, 9.17) is 0 Å². The number of nitrogens with one attached hydrogen (secondary N) is 1. The molecule has 25 heavy (non-hydrogen) atoms. The molecule has 0 aromatic heterocycles. The molecule has 0 saturated carbocycles. The normalized spacial score (nSPS) is 12.7. The molecule has 3 aromatic rings. The lowest BCUT2D eigenvalue weighted by Gasteiger charge is -2.21. The largest absolute Gasteiger partial charge is 0.241 e. The van der Waals surface area contributed by atoms with E-state index in [0.29, 0.717) is 0 Å². The first-order chi connectivity index (χ1) is 12.0. The van der Waals surface area contributed by atoms with Gasteiger partial charge in [0.1, 0.15) is 5.82 Å². The molecule has 0 amide bonds. The maximum absolute atomic E-state index is 13.1. The van der Waals surface area contributed by atoms with Crippen molar-refractivity contribution in [2.75, 3.05) is 0 Å². The monoisotopic (exact) mass is 355 g/mol. The van der Waals surface area contributed by atoms with Gasteiger partial charge in [-0.15, -0.1) is 0 Å². The van der Waals surface area contributed by atoms with E-state index in [-0.39, 0.29) is 4.90 Å². The molecular formula is C20H18FNO2S. The highest BCUT2D eigenvalue weighted by molar-refractivity contribution is 7.89. The Balaban J connectivity index is 2.04. The van der Waals surface area contributed by atoms with Gasteiger partial charge in [0.15, 0.2) is 0 Å². The Morgan fingerprint density at radius 3 is 2.08 bits per heavy atom. The third-order valence-corrected chi connectivity index (χ3v) is 5.47. The second-order valence-electron chi connectivity index (χ2n) is 5.78. The Labute approximate surface area is 147 Å². The van der Waals surface area contributed by atoms with Crippen LogP contribution in [0.5, 0.6) is 0 Å². The maximum atomic E-state index is 13.1. The zero-order chi connectivity index (χ0) is 17.9. The molecule has 3 nitrogen and oxygen atoms in total. The molecule has 5 heteroatoms. The molecule has 0 saturated heterocycles. The predicted molar refractivity (Wildman–Crippen MR) is 96.2 cm³/mol. The molecule has 128 valence electrons. The minimum atomic E-state index is -3.81. The van der Waals surface area contributed by atoms with E-state index in [1.165, 1.54) is 12.1 Å². The number of rotatable bonds is 5. The van der Waals surface area contributed by atoms with Gasteiger partial charge in [0, 0.05) is 0 Å². The van der Waals surface area contributed by atoms with Gasteiger partial charge in [0.05, 0.1) is 10.9 Å². The highest BCUT2D eigenvalue weighted by atomic mass is 32.2. The van der Waals surface area contributed by atoms with Gasteiger partial charge in [-0.25, -0.2) is 12.8 Å². The summed E-state index contributed by atoms with van der Waals surface area (Å²) < 4.78 is 41.4. The molecule has 1 atom stereocenters. The maximum Gasteiger partial charge on any atom is 0.241 e. The molecule has 1 N–H and O–H groups in total. The fourth-order valence-corrected chi connectivity index (χ4v) is 3.91. The number of aryl methyl sites for hydroxylation is 1. The van der Waals surface area contributed by atoms with Gasteiger partial charge in [-0.2, -0.15) is 4.72 Å². The summed E-state index contributed by atoms with van der Waals surface area (Å²) in [5, 5.41) is 0. The molecular weight excluding hydrogens is 337 g/mol. The van der Waals surface area contributed by atoms with Gasteiger partial charge < -0.3 is 0 Å². The van der Waals surface area contributed by atoms with Crippen LogP contribution in [0.2, 0.25) is 0 Å². The Morgan fingerprint density at radius 2 is 1.44 bits per heavy atom. The first-order valence-electron chi connectivity index (χ1n) is 7.86. The Kier molecular flexibility index (Phi) is 4.97. The molecule has 0 heterocycles. The van der Waals surface area contributed by atoms with Crippen LogP contribution >= 0.6 is 0 Å². The van der Waals surface area contributed by atoms with Crippen molar-refractivity contribution in [3.05, 3.63) is 101 Å². The summed E-state index contributed by atoms with van der Waals surface area (Å²) in [5.41, 5.74) is 2.69. The van der Waals surface area contributed by atoms with E-state index < -0.39 is 21.9 Å². The quantitative estimate of drug-likeness (QED) is 0.745. The molecule has 0 fully saturated rings. The number of benzene rings is 3. The summed E-state index contributed by atoms with van der Waals surface area (Å²) in [6.07, 6.45) is 0. The molecule has 3 aromatic carbocycles. The summed E-state index contributed by atoms with van der Waals surface area (Å²) >= 11 is 0. The molecule has 0 spiro atoms. The summed E-state index contributed by atoms with van der Waals surface area (Å²) in [4.78, 5) is 0.0309. The van der Waals surface area contributed by atoms with Crippen LogP contribution in [0.3, 0.4) is 0 Å². The van der Waals surface area contributed by atoms with Gasteiger partial charge in [-0.1, -0.05) is 54.6 Å². The van der Waals surface area contributed by atoms with Gasteiger partial charge >= 0.3 is 0 Å². The average molecular weight is 355 g/mol. The van der Waals surface area contributed by atoms with Crippen molar-refractivity contribution in [1.29, 1.82) is 0 Å². The summed E-state index contributed by atoms with van der Waals surface area (Å²) in [7, 11) is -3.81. The zero-order valence-electron chi connectivity index (χ0n) is 13.7. The van der Waals surface area contributed by atoms with E-state index >= 15 is 0 Å². The number of hydrogen-bond acceptors (Lipinski definition) is 2. The van der Waals surface area contributed by atoms with Gasteiger partial charge in [-0.3, -0.25) is 0 Å². The van der Waals surface area contributed by atoms with Crippen molar-refractivity contribution < 1.29 is 12.8 Å². The van der Waals surface area contributed by atoms with Crippen molar-refractivity contribution in [2.45, 2.75) is 17.9 Å². The molecule has 0 aliphatic heterocycles. The number of halogens is 1. The molecule has 0 aliphatic carbocycles. The third kappa shape index (κ3) is 3.95. The standard InChI is InChI=1S/C20H18FNO2S/c1-15-7-5-6-10-19(15)20(16-8-3-2-4-9-16)22-25(23,24)18-13-11-17(21)12-14-18/h2-14,20,22H,1H3/t20-/m0/s1. The van der Waals surface area contributed by atoms with Crippen molar-refractivity contribution in [1.82, 2.24) is 4.72 Å². The van der Waals surface area contributed by atoms with E-state index in [2.05, 4.69) is 4.72 Å². The van der Waals surface area contributed by atoms with Crippen LogP contribution in [0.1, 0.15) is 22.7 Å². The van der Waals surface area contributed by atoms with E-state index in [1.807, 2.05) is 61.5 Å². The predicted octanol–water partition coefficient (Wildman–Crippen LogP) is 4.20. The van der Waals surface area contributed by atoms with Crippen LogP contribution in [-0.2, 0) is 10.0 Å². The number of sulfonamides is 1. The van der Waals surface area contributed by atoms with Crippen LogP contribution in [0, 0.1) is 12.7 Å². The lowest BCUT2D eigenvalue weighted by atomic mass is 9.96. The van der Waals surface area contributed by atoms with Crippen molar-refractivity contribution >= 4 is 10.0 Å². The van der Waals surface area contributed by atoms with Crippen LogP contribution < -0.4 is 4.72 Å². The topological polar surface area (TPSA) is 46.2 Å². The van der Waals surface area contributed by atoms with Crippen LogP contribution in [0.4, 0.5) is 4.39 Å². The highest BCUT2D eigenvalue weighted by Gasteiger charge is 2.23. The van der Waals surface area contributed by atoms with Crippen molar-refractivity contribution in [3.8, 4) is 0 Å². The summed E-state index contributed by atoms with van der Waals surface area (Å²) in [6, 6.07) is 21.3. The summed E-state index contributed by atoms with van der Waals surface area (Å²) in [6.45, 7) is 1.94. The molecule has 0 unspecified atom stereocenters. The smallest absolute Gasteiger partial charge is 0.207 e. The van der Waals surface area contributed by atoms with Gasteiger partial charge in [-0.05, 0) is 47.9 Å². The SMILES string of the molecule is Cc1ccccc1[C@@H](NS(=O)(=O)c1ccc(F)cc1)c1ccccc1. The summed E-state index contributed by atoms with van der Waals surface area (Å²) in [5.74, 6) is -0.475. The lowest BCUT2D eigenvalue weighted by molar-refractivity contribution is 0.571. The number of hydrogen-bond donors (Lipinski definition) is 1. The van der Waals surface area contributed by atoms with E-state index in [9.17, 15) is 12.8 Å². The highest BCUT2D eigenvalue weighted by Crippen LogP contribution is 2.27. The van der Waals surface area contributed by atoms with Crippen molar-refractivity contribution in [3.63, 3.8) is 0 Å². The van der Waals surface area contributed by atoms with Crippen LogP contribution in [-0.4, -0.2) is 8.42 Å². The molecule has 0 radical (unpaired) electrons. The van der Waals surface area contributed by atoms with Crippen LogP contribution in [0.25, 0.3) is 0 Å². The molecule has 3 rings (SSSR count). The van der Waals surface area contributed by atoms with E-state index in [0.717, 1.165) is 28.8 Å². The van der Waals surface area contributed by atoms with Gasteiger partial charge in [0.25, 0.3) is 0 Å². The van der Waals surface area contributed by atoms with E-state index in [1.54, 1.807) is 0 Å². The minimum Gasteiger partial charge on any atom is -0.207 e. The lowest BCUT2D eigenvalue weighted by Crippen LogP contribution is -2.30. The van der Waals surface area contributed by atoms with Crippen molar-refractivity contribution in [2.24, 2.45) is 0 Å². The Morgan fingerprint density at radius 1 is 0.840 bits per heavy atom. The third-order valence-electron chi connectivity index (χ3n) is 4.03. The second-order valence-corrected chi connectivity index (χ2v) is 7.49. The first kappa shape index (κ1) is 17.3. The minimum absolute atomic E-state index is 0.0309. The Hall–Kier alpha value is -2.50. The van der Waals surface area contributed by atoms with Gasteiger partial charge in [0.2, 0.25) is 10.0 Å². The Bertz CT molecular complexity index is 955. The molecule has 0 aliphatic rings. The molecule has 0 bridgehead atoms. The first-order valence-corrected chi connectivity index (χ1v) is 9.34. The average Bonchev–Trinajstić information content (AvgIpc) is 2.61. The zero-order valence-corrected chi connectivity index (χ0v) is 14.5. The second kappa shape index (κ2) is 7.17. The van der Waals surface area contributed by atoms with Crippen LogP contribution in [0.15, 0.2) is 83.8 Å². The fourth-order valence-electron chi connectivity index (χ4n) is 2.70.